The Morgan fingerprint density at radius 1 is 1.18 bits per heavy atom. The van der Waals surface area contributed by atoms with Crippen molar-refractivity contribution in [2.24, 2.45) is 5.73 Å². The van der Waals surface area contributed by atoms with E-state index >= 15 is 0 Å². The summed E-state index contributed by atoms with van der Waals surface area (Å²) in [5.41, 5.74) is 6.61. The van der Waals surface area contributed by atoms with Gasteiger partial charge in [0.25, 0.3) is 5.91 Å². The van der Waals surface area contributed by atoms with Crippen LogP contribution in [-0.4, -0.2) is 11.8 Å². The number of anilines is 1. The highest BCUT2D eigenvalue weighted by atomic mass is 79.9. The quantitative estimate of drug-likeness (QED) is 0.792. The molecule has 0 aliphatic carbocycles. The van der Waals surface area contributed by atoms with Crippen molar-refractivity contribution >= 4 is 51.1 Å². The number of rotatable bonds is 4. The van der Waals surface area contributed by atoms with E-state index in [0.717, 1.165) is 5.56 Å². The number of primary amides is 1. The number of halogens is 2. The number of benzene rings is 2. The maximum atomic E-state index is 12.0. The minimum atomic E-state index is -0.619. The van der Waals surface area contributed by atoms with Crippen LogP contribution in [0, 0.1) is 0 Å². The Balaban J connectivity index is 2.16. The molecule has 0 aromatic heterocycles. The molecule has 4 nitrogen and oxygen atoms in total. The number of carbonyl (C=O) groups is 2. The molecule has 22 heavy (non-hydrogen) atoms. The molecule has 0 saturated heterocycles. The van der Waals surface area contributed by atoms with Crippen molar-refractivity contribution in [3.8, 4) is 0 Å². The van der Waals surface area contributed by atoms with E-state index in [4.69, 9.17) is 17.3 Å². The van der Waals surface area contributed by atoms with Crippen LogP contribution in [0.15, 0.2) is 53.0 Å². The first kappa shape index (κ1) is 16.3. The van der Waals surface area contributed by atoms with Gasteiger partial charge in [-0.25, -0.2) is 0 Å². The van der Waals surface area contributed by atoms with Crippen molar-refractivity contribution in [3.05, 3.63) is 69.2 Å². The van der Waals surface area contributed by atoms with E-state index in [9.17, 15) is 9.59 Å². The molecular weight excluding hydrogens is 368 g/mol. The summed E-state index contributed by atoms with van der Waals surface area (Å²) in [4.78, 5) is 23.3. The summed E-state index contributed by atoms with van der Waals surface area (Å²) in [6.07, 6.45) is 2.94. The zero-order valence-corrected chi connectivity index (χ0v) is 13.7. The van der Waals surface area contributed by atoms with Gasteiger partial charge < -0.3 is 11.1 Å². The lowest BCUT2D eigenvalue weighted by Crippen LogP contribution is -2.16. The van der Waals surface area contributed by atoms with Crippen LogP contribution in [0.5, 0.6) is 0 Å². The topological polar surface area (TPSA) is 72.2 Å². The number of hydrogen-bond acceptors (Lipinski definition) is 2. The van der Waals surface area contributed by atoms with E-state index < -0.39 is 5.91 Å². The van der Waals surface area contributed by atoms with E-state index in [-0.39, 0.29) is 11.5 Å². The Morgan fingerprint density at radius 3 is 2.59 bits per heavy atom. The fourth-order valence-corrected chi connectivity index (χ4v) is 2.34. The second kappa shape index (κ2) is 7.24. The first-order valence-corrected chi connectivity index (χ1v) is 7.47. The summed E-state index contributed by atoms with van der Waals surface area (Å²) in [5, 5.41) is 3.17. The fourth-order valence-electron chi connectivity index (χ4n) is 1.78. The summed E-state index contributed by atoms with van der Waals surface area (Å²) in [6.45, 7) is 0. The highest BCUT2D eigenvalue weighted by Crippen LogP contribution is 2.21. The summed E-state index contributed by atoms with van der Waals surface area (Å²) >= 11 is 9.25. The molecule has 112 valence electrons. The maximum absolute atomic E-state index is 12.0. The van der Waals surface area contributed by atoms with Gasteiger partial charge in [-0.05, 0) is 35.9 Å². The normalized spacial score (nSPS) is 10.6. The van der Waals surface area contributed by atoms with Gasteiger partial charge in [-0.15, -0.1) is 0 Å². The van der Waals surface area contributed by atoms with Gasteiger partial charge >= 0.3 is 0 Å². The van der Waals surface area contributed by atoms with Crippen LogP contribution in [-0.2, 0) is 4.79 Å². The Hall–Kier alpha value is -2.11. The predicted octanol–water partition coefficient (Wildman–Crippen LogP) is 3.85. The zero-order valence-electron chi connectivity index (χ0n) is 11.3. The standard InChI is InChI=1S/C16H12BrClN2O2/c17-11-6-7-14(12(9-11)16(19)22)20-15(21)8-5-10-3-1-2-4-13(10)18/h1-9H,(H2,19,22)(H,20,21)/b8-5+. The molecule has 0 aliphatic heterocycles. The monoisotopic (exact) mass is 378 g/mol. The molecule has 2 rings (SSSR count). The largest absolute Gasteiger partial charge is 0.366 e. The van der Waals surface area contributed by atoms with Crippen molar-refractivity contribution in [1.29, 1.82) is 0 Å². The summed E-state index contributed by atoms with van der Waals surface area (Å²) in [7, 11) is 0. The van der Waals surface area contributed by atoms with E-state index in [1.807, 2.05) is 6.07 Å². The van der Waals surface area contributed by atoms with Crippen molar-refractivity contribution in [1.82, 2.24) is 0 Å². The van der Waals surface area contributed by atoms with Crippen LogP contribution in [0.2, 0.25) is 5.02 Å². The molecule has 0 heterocycles. The molecule has 0 spiro atoms. The number of amides is 2. The van der Waals surface area contributed by atoms with Crippen molar-refractivity contribution in [3.63, 3.8) is 0 Å². The molecule has 6 heteroatoms. The van der Waals surface area contributed by atoms with Crippen LogP contribution in [0.3, 0.4) is 0 Å². The second-order valence-electron chi connectivity index (χ2n) is 4.40. The molecular formula is C16H12BrClN2O2. The summed E-state index contributed by atoms with van der Waals surface area (Å²) in [5.74, 6) is -1.00. The van der Waals surface area contributed by atoms with Gasteiger partial charge in [0.15, 0.2) is 0 Å². The lowest BCUT2D eigenvalue weighted by Gasteiger charge is -2.07. The third kappa shape index (κ3) is 4.19. The van der Waals surface area contributed by atoms with Crippen LogP contribution in [0.25, 0.3) is 6.08 Å². The highest BCUT2D eigenvalue weighted by Gasteiger charge is 2.10. The third-order valence-electron chi connectivity index (χ3n) is 2.82. The lowest BCUT2D eigenvalue weighted by molar-refractivity contribution is -0.111. The summed E-state index contributed by atoms with van der Waals surface area (Å²) in [6, 6.07) is 12.0. The third-order valence-corrected chi connectivity index (χ3v) is 3.66. The minimum absolute atomic E-state index is 0.230. The van der Waals surface area contributed by atoms with Crippen molar-refractivity contribution < 1.29 is 9.59 Å². The Kier molecular flexibility index (Phi) is 5.35. The number of hydrogen-bond donors (Lipinski definition) is 2. The average molecular weight is 380 g/mol. The SMILES string of the molecule is NC(=O)c1cc(Br)ccc1NC(=O)/C=C/c1ccccc1Cl. The van der Waals surface area contributed by atoms with Crippen LogP contribution < -0.4 is 11.1 Å². The highest BCUT2D eigenvalue weighted by molar-refractivity contribution is 9.10. The van der Waals surface area contributed by atoms with Gasteiger partial charge in [0.2, 0.25) is 5.91 Å². The molecule has 2 aromatic rings. The van der Waals surface area contributed by atoms with Crippen molar-refractivity contribution in [2.75, 3.05) is 5.32 Å². The van der Waals surface area contributed by atoms with Crippen molar-refractivity contribution in [2.45, 2.75) is 0 Å². The first-order chi connectivity index (χ1) is 10.5. The van der Waals surface area contributed by atoms with E-state index in [1.165, 1.54) is 6.08 Å². The predicted molar refractivity (Wildman–Crippen MR) is 91.8 cm³/mol. The first-order valence-electron chi connectivity index (χ1n) is 6.30. The Labute approximate surface area is 141 Å². The molecule has 2 aromatic carbocycles. The second-order valence-corrected chi connectivity index (χ2v) is 5.72. The smallest absolute Gasteiger partial charge is 0.250 e. The van der Waals surface area contributed by atoms with E-state index in [1.54, 1.807) is 42.5 Å². The number of carbonyl (C=O) groups excluding carboxylic acids is 2. The molecule has 3 N–H and O–H groups in total. The Morgan fingerprint density at radius 2 is 1.91 bits per heavy atom. The number of nitrogens with two attached hydrogens (primary N) is 1. The van der Waals surface area contributed by atoms with Gasteiger partial charge in [-0.3, -0.25) is 9.59 Å². The van der Waals surface area contributed by atoms with Gasteiger partial charge in [0.05, 0.1) is 11.3 Å². The zero-order chi connectivity index (χ0) is 16.1. The lowest BCUT2D eigenvalue weighted by atomic mass is 10.1. The molecule has 0 saturated carbocycles. The molecule has 2 amide bonds. The van der Waals surface area contributed by atoms with Gasteiger partial charge in [-0.1, -0.05) is 45.7 Å². The minimum Gasteiger partial charge on any atom is -0.366 e. The summed E-state index contributed by atoms with van der Waals surface area (Å²) < 4.78 is 0.700. The molecule has 0 aliphatic rings. The molecule has 0 bridgehead atoms. The fraction of sp³-hybridized carbons (Fsp3) is 0. The van der Waals surface area contributed by atoms with E-state index in [0.29, 0.717) is 15.2 Å². The van der Waals surface area contributed by atoms with Crippen LogP contribution in [0.4, 0.5) is 5.69 Å². The van der Waals surface area contributed by atoms with Gasteiger partial charge in [0.1, 0.15) is 0 Å². The van der Waals surface area contributed by atoms with Crippen LogP contribution in [0.1, 0.15) is 15.9 Å². The van der Waals surface area contributed by atoms with Gasteiger partial charge in [-0.2, -0.15) is 0 Å². The maximum Gasteiger partial charge on any atom is 0.250 e. The van der Waals surface area contributed by atoms with Crippen LogP contribution >= 0.6 is 27.5 Å². The van der Waals surface area contributed by atoms with E-state index in [2.05, 4.69) is 21.2 Å². The number of nitrogens with one attached hydrogen (secondary N) is 1. The van der Waals surface area contributed by atoms with Gasteiger partial charge in [0, 0.05) is 15.6 Å². The molecule has 0 unspecified atom stereocenters. The molecule has 0 radical (unpaired) electrons. The average Bonchev–Trinajstić information content (AvgIpc) is 2.48. The Bertz CT molecular complexity index is 760. The molecule has 0 atom stereocenters. The molecule has 0 fully saturated rings.